The summed E-state index contributed by atoms with van der Waals surface area (Å²) in [5, 5.41) is 8.93. The van der Waals surface area contributed by atoms with Crippen LogP contribution in [-0.2, 0) is 4.79 Å². The van der Waals surface area contributed by atoms with Crippen molar-refractivity contribution in [1.29, 1.82) is 0 Å². The smallest absolute Gasteiger partial charge is 0.328 e. The zero-order valence-electron chi connectivity index (χ0n) is 18.0. The lowest BCUT2D eigenvalue weighted by Gasteiger charge is -2.17. The molecule has 160 valence electrons. The second-order valence-corrected chi connectivity index (χ2v) is 10.6. The molecule has 32 heavy (non-hydrogen) atoms. The first-order chi connectivity index (χ1) is 15.5. The van der Waals surface area contributed by atoms with E-state index in [-0.39, 0.29) is 0 Å². The van der Waals surface area contributed by atoms with Crippen molar-refractivity contribution < 1.29 is 9.90 Å². The zero-order valence-corrected chi connectivity index (χ0v) is 19.6. The van der Waals surface area contributed by atoms with Gasteiger partial charge in [0.2, 0.25) is 0 Å². The molecule has 2 aromatic carbocycles. The van der Waals surface area contributed by atoms with Gasteiger partial charge < -0.3 is 5.11 Å². The van der Waals surface area contributed by atoms with Gasteiger partial charge in [-0.2, -0.15) is 0 Å². The van der Waals surface area contributed by atoms with Crippen LogP contribution in [0.25, 0.3) is 27.4 Å². The summed E-state index contributed by atoms with van der Waals surface area (Å²) in [6, 6.07) is 17.1. The van der Waals surface area contributed by atoms with Gasteiger partial charge in [-0.05, 0) is 90.3 Å². The lowest BCUT2D eigenvalue weighted by molar-refractivity contribution is -0.131. The van der Waals surface area contributed by atoms with E-state index in [0.717, 1.165) is 16.6 Å². The van der Waals surface area contributed by atoms with Crippen LogP contribution >= 0.6 is 22.7 Å². The molecular formula is C27H23NO2S2. The van der Waals surface area contributed by atoms with E-state index in [0.29, 0.717) is 5.92 Å². The zero-order chi connectivity index (χ0) is 22.2. The molecule has 2 heterocycles. The number of hydrogen-bond acceptors (Lipinski definition) is 4. The standard InChI is InChI=1S/C27H23NO2S2/c1-16-13-22(17(2)32-16)27(20-8-9-20)26(21-10-11-24-23(14-21)28-15-31-24)19-6-3-18(4-7-19)5-12-25(29)30/h3-7,10-15,20H,8-9H2,1-2H3,(H,29,30)/b12-5+,27-26+. The van der Waals surface area contributed by atoms with Gasteiger partial charge in [-0.1, -0.05) is 30.3 Å². The van der Waals surface area contributed by atoms with Crippen LogP contribution in [-0.4, -0.2) is 16.1 Å². The van der Waals surface area contributed by atoms with E-state index in [4.69, 9.17) is 5.11 Å². The third kappa shape index (κ3) is 4.18. The highest BCUT2D eigenvalue weighted by molar-refractivity contribution is 7.16. The minimum atomic E-state index is -0.939. The quantitative estimate of drug-likeness (QED) is 0.306. The van der Waals surface area contributed by atoms with Gasteiger partial charge in [-0.25, -0.2) is 9.78 Å². The van der Waals surface area contributed by atoms with Crippen LogP contribution in [0.4, 0.5) is 0 Å². The number of aryl methyl sites for hydroxylation is 2. The molecule has 1 aliphatic rings. The summed E-state index contributed by atoms with van der Waals surface area (Å²) in [4.78, 5) is 18.1. The molecule has 5 heteroatoms. The summed E-state index contributed by atoms with van der Waals surface area (Å²) < 4.78 is 1.19. The van der Waals surface area contributed by atoms with E-state index < -0.39 is 5.97 Å². The highest BCUT2D eigenvalue weighted by Gasteiger charge is 2.32. The van der Waals surface area contributed by atoms with Gasteiger partial charge in [-0.15, -0.1) is 22.7 Å². The van der Waals surface area contributed by atoms with Gasteiger partial charge in [0.1, 0.15) is 0 Å². The molecule has 3 nitrogen and oxygen atoms in total. The van der Waals surface area contributed by atoms with Crippen LogP contribution < -0.4 is 0 Å². The Hall–Kier alpha value is -3.02. The number of carbonyl (C=O) groups is 1. The SMILES string of the molecule is Cc1cc(/C(=C(\c2ccc(/C=C/C(=O)O)cc2)c2ccc3scnc3c2)C2CC2)c(C)s1. The lowest BCUT2D eigenvalue weighted by Crippen LogP contribution is -1.98. The minimum Gasteiger partial charge on any atom is -0.478 e. The van der Waals surface area contributed by atoms with Crippen molar-refractivity contribution in [3.05, 3.63) is 92.1 Å². The van der Waals surface area contributed by atoms with Crippen molar-refractivity contribution in [3.8, 4) is 0 Å². The molecule has 1 saturated carbocycles. The average Bonchev–Trinajstić information content (AvgIpc) is 3.40. The Morgan fingerprint density at radius 1 is 1.06 bits per heavy atom. The van der Waals surface area contributed by atoms with Crippen molar-refractivity contribution in [1.82, 2.24) is 4.98 Å². The molecule has 4 aromatic rings. The molecule has 0 saturated heterocycles. The fraction of sp³-hybridized carbons (Fsp3) is 0.185. The second-order valence-electron chi connectivity index (χ2n) is 8.22. The van der Waals surface area contributed by atoms with E-state index in [1.165, 1.54) is 55.6 Å². The summed E-state index contributed by atoms with van der Waals surface area (Å²) in [6.07, 6.45) is 5.23. The van der Waals surface area contributed by atoms with Crippen molar-refractivity contribution in [2.24, 2.45) is 5.92 Å². The van der Waals surface area contributed by atoms with Crippen LogP contribution in [0.5, 0.6) is 0 Å². The monoisotopic (exact) mass is 457 g/mol. The fourth-order valence-electron chi connectivity index (χ4n) is 4.25. The number of aliphatic carboxylic acids is 1. The Bertz CT molecular complexity index is 1370. The van der Waals surface area contributed by atoms with E-state index in [1.807, 2.05) is 29.0 Å². The van der Waals surface area contributed by atoms with E-state index in [1.54, 1.807) is 17.4 Å². The number of rotatable bonds is 6. The molecular weight excluding hydrogens is 434 g/mol. The van der Waals surface area contributed by atoms with E-state index in [2.05, 4.69) is 55.2 Å². The molecule has 1 fully saturated rings. The third-order valence-electron chi connectivity index (χ3n) is 5.82. The largest absolute Gasteiger partial charge is 0.478 e. The molecule has 0 amide bonds. The Morgan fingerprint density at radius 3 is 2.47 bits per heavy atom. The number of hydrogen-bond donors (Lipinski definition) is 1. The average molecular weight is 458 g/mol. The Kier molecular flexibility index (Phi) is 5.53. The van der Waals surface area contributed by atoms with E-state index in [9.17, 15) is 4.79 Å². The molecule has 0 bridgehead atoms. The molecule has 0 unspecified atom stereocenters. The van der Waals surface area contributed by atoms with Gasteiger partial charge >= 0.3 is 5.97 Å². The first-order valence-electron chi connectivity index (χ1n) is 10.7. The van der Waals surface area contributed by atoms with Crippen molar-refractivity contribution in [2.75, 3.05) is 0 Å². The molecule has 0 spiro atoms. The summed E-state index contributed by atoms with van der Waals surface area (Å²) in [5.41, 5.74) is 10.2. The van der Waals surface area contributed by atoms with Crippen molar-refractivity contribution in [3.63, 3.8) is 0 Å². The van der Waals surface area contributed by atoms with Gasteiger partial charge in [-0.3, -0.25) is 0 Å². The maximum atomic E-state index is 10.9. The maximum Gasteiger partial charge on any atom is 0.328 e. The summed E-state index contributed by atoms with van der Waals surface area (Å²) >= 11 is 3.52. The normalized spacial score (nSPS) is 14.8. The van der Waals surface area contributed by atoms with Gasteiger partial charge in [0.05, 0.1) is 15.7 Å². The summed E-state index contributed by atoms with van der Waals surface area (Å²) in [7, 11) is 0. The van der Waals surface area contributed by atoms with Gasteiger partial charge in [0.15, 0.2) is 0 Å². The number of fused-ring (bicyclic) bond motifs is 1. The summed E-state index contributed by atoms with van der Waals surface area (Å²) in [6.45, 7) is 4.40. The molecule has 1 N–H and O–H groups in total. The van der Waals surface area contributed by atoms with Crippen molar-refractivity contribution >= 4 is 56.1 Å². The maximum absolute atomic E-state index is 10.9. The number of allylic oxidation sites excluding steroid dienone is 1. The van der Waals surface area contributed by atoms with Crippen molar-refractivity contribution in [2.45, 2.75) is 26.7 Å². The molecule has 0 aliphatic heterocycles. The Morgan fingerprint density at radius 2 is 1.81 bits per heavy atom. The number of carboxylic acids is 1. The van der Waals surface area contributed by atoms with Gasteiger partial charge in [0.25, 0.3) is 0 Å². The summed E-state index contributed by atoms with van der Waals surface area (Å²) in [5.74, 6) is -0.374. The second kappa shape index (κ2) is 8.49. The molecule has 1 aliphatic carbocycles. The van der Waals surface area contributed by atoms with Crippen LogP contribution in [0.3, 0.4) is 0 Å². The number of nitrogens with zero attached hydrogens (tertiary/aromatic N) is 1. The highest BCUT2D eigenvalue weighted by atomic mass is 32.1. The first-order valence-corrected chi connectivity index (χ1v) is 12.4. The number of aromatic nitrogens is 1. The third-order valence-corrected chi connectivity index (χ3v) is 7.60. The number of thiophene rings is 1. The van der Waals surface area contributed by atoms with Crippen LogP contribution in [0.15, 0.2) is 60.1 Å². The molecule has 2 aromatic heterocycles. The Balaban J connectivity index is 1.72. The number of benzene rings is 2. The van der Waals surface area contributed by atoms with Crippen LogP contribution in [0.2, 0.25) is 0 Å². The Labute approximate surface area is 195 Å². The van der Waals surface area contributed by atoms with Crippen LogP contribution in [0, 0.1) is 19.8 Å². The van der Waals surface area contributed by atoms with Gasteiger partial charge in [0, 0.05) is 15.8 Å². The number of carboxylic acid groups (broad SMARTS) is 1. The predicted molar refractivity (Wildman–Crippen MR) is 135 cm³/mol. The fourth-order valence-corrected chi connectivity index (χ4v) is 5.85. The molecule has 0 atom stereocenters. The lowest BCUT2D eigenvalue weighted by atomic mass is 9.86. The van der Waals surface area contributed by atoms with Crippen LogP contribution in [0.1, 0.15) is 44.8 Å². The predicted octanol–water partition coefficient (Wildman–Crippen LogP) is 7.44. The number of thiazole rings is 1. The molecule has 0 radical (unpaired) electrons. The topological polar surface area (TPSA) is 50.2 Å². The molecule has 5 rings (SSSR count). The minimum absolute atomic E-state index is 0.565. The highest BCUT2D eigenvalue weighted by Crippen LogP contribution is 2.49. The van der Waals surface area contributed by atoms with E-state index >= 15 is 0 Å². The first kappa shape index (κ1) is 20.9.